The van der Waals surface area contributed by atoms with Crippen LogP contribution in [0, 0.1) is 0 Å². The van der Waals surface area contributed by atoms with Crippen molar-refractivity contribution in [1.29, 1.82) is 0 Å². The maximum atomic E-state index is 12.5. The van der Waals surface area contributed by atoms with Crippen molar-refractivity contribution >= 4 is 13.8 Å². The highest BCUT2D eigenvalue weighted by Gasteiger charge is 2.25. The highest BCUT2D eigenvalue weighted by molar-refractivity contribution is 7.47. The molecule has 0 saturated heterocycles. The Kier molecular flexibility index (Phi) is 35.4. The summed E-state index contributed by atoms with van der Waals surface area (Å²) in [6.45, 7) is 4.91. The molecule has 276 valence electrons. The number of hydrogen-bond donors (Lipinski definition) is 2. The van der Waals surface area contributed by atoms with Crippen molar-refractivity contribution in [3.8, 4) is 0 Å². The minimum absolute atomic E-state index is 0.0910. The first-order chi connectivity index (χ1) is 22.4. The molecule has 0 aliphatic carbocycles. The monoisotopic (exact) mass is 678 g/mol. The summed E-state index contributed by atoms with van der Waals surface area (Å²) in [5.74, 6) is -0.329. The highest BCUT2D eigenvalue weighted by atomic mass is 31.2. The number of phosphoric acid groups is 1. The Morgan fingerprint density at radius 2 is 0.957 bits per heavy atom. The number of esters is 1. The van der Waals surface area contributed by atoms with Crippen LogP contribution >= 0.6 is 7.82 Å². The Morgan fingerprint density at radius 1 is 0.565 bits per heavy atom. The van der Waals surface area contributed by atoms with Crippen LogP contribution in [0.3, 0.4) is 0 Å². The van der Waals surface area contributed by atoms with Gasteiger partial charge in [-0.3, -0.25) is 13.8 Å². The summed E-state index contributed by atoms with van der Waals surface area (Å²) in [6, 6.07) is 0. The van der Waals surface area contributed by atoms with Gasteiger partial charge in [0.1, 0.15) is 6.10 Å². The molecular formula is C37H76NO7P. The predicted molar refractivity (Wildman–Crippen MR) is 192 cm³/mol. The number of rotatable bonds is 38. The lowest BCUT2D eigenvalue weighted by atomic mass is 10.0. The van der Waals surface area contributed by atoms with Gasteiger partial charge in [-0.15, -0.1) is 0 Å². The van der Waals surface area contributed by atoms with Crippen LogP contribution < -0.4 is 5.73 Å². The second kappa shape index (κ2) is 35.8. The van der Waals surface area contributed by atoms with Crippen LogP contribution in [-0.4, -0.2) is 49.9 Å². The summed E-state index contributed by atoms with van der Waals surface area (Å²) in [5, 5.41) is 0. The van der Waals surface area contributed by atoms with Crippen LogP contribution in [0.15, 0.2) is 0 Å². The smallest absolute Gasteiger partial charge is 0.457 e. The van der Waals surface area contributed by atoms with Gasteiger partial charge in [-0.1, -0.05) is 174 Å². The van der Waals surface area contributed by atoms with Crippen molar-refractivity contribution in [3.63, 3.8) is 0 Å². The highest BCUT2D eigenvalue weighted by Crippen LogP contribution is 2.43. The summed E-state index contributed by atoms with van der Waals surface area (Å²) in [5.41, 5.74) is 5.33. The lowest BCUT2D eigenvalue weighted by molar-refractivity contribution is -0.154. The van der Waals surface area contributed by atoms with Gasteiger partial charge in [-0.25, -0.2) is 4.57 Å². The van der Waals surface area contributed by atoms with Crippen LogP contribution in [0.1, 0.15) is 194 Å². The van der Waals surface area contributed by atoms with Crippen molar-refractivity contribution in [2.75, 3.05) is 33.0 Å². The zero-order valence-corrected chi connectivity index (χ0v) is 31.2. The van der Waals surface area contributed by atoms with Gasteiger partial charge in [-0.05, 0) is 12.8 Å². The van der Waals surface area contributed by atoms with Crippen molar-refractivity contribution in [2.24, 2.45) is 5.73 Å². The van der Waals surface area contributed by atoms with Gasteiger partial charge in [0.15, 0.2) is 0 Å². The molecule has 0 aliphatic heterocycles. The van der Waals surface area contributed by atoms with Gasteiger partial charge < -0.3 is 20.1 Å². The molecule has 0 aromatic rings. The van der Waals surface area contributed by atoms with Crippen molar-refractivity contribution in [2.45, 2.75) is 200 Å². The molecular weight excluding hydrogens is 601 g/mol. The second-order valence-corrected chi connectivity index (χ2v) is 14.6. The van der Waals surface area contributed by atoms with E-state index in [-0.39, 0.29) is 32.3 Å². The molecule has 0 aromatic heterocycles. The third-order valence-electron chi connectivity index (χ3n) is 8.52. The normalized spacial score (nSPS) is 13.6. The standard InChI is InChI=1S/C37H76NO7P/c1-3-5-7-9-11-12-13-14-15-16-17-18-19-20-21-22-23-24-25-26-28-30-37(39)45-36(35-44-46(40,41)43-33-31-38)34-42-32-29-27-10-8-6-4-2/h36H,3-35,38H2,1-2H3,(H,40,41). The Balaban J connectivity index is 3.83. The first-order valence-corrected chi connectivity index (χ1v) is 21.0. The van der Waals surface area contributed by atoms with E-state index < -0.39 is 13.9 Å². The van der Waals surface area contributed by atoms with E-state index in [4.69, 9.17) is 24.3 Å². The van der Waals surface area contributed by atoms with Gasteiger partial charge in [0.05, 0.1) is 19.8 Å². The molecule has 0 bridgehead atoms. The fraction of sp³-hybridized carbons (Fsp3) is 0.973. The molecule has 0 amide bonds. The molecule has 9 heteroatoms. The van der Waals surface area contributed by atoms with Crippen molar-refractivity contribution in [3.05, 3.63) is 0 Å². The van der Waals surface area contributed by atoms with E-state index >= 15 is 0 Å². The first kappa shape index (κ1) is 45.5. The Labute approximate surface area is 284 Å². The molecule has 0 saturated carbocycles. The fourth-order valence-electron chi connectivity index (χ4n) is 5.64. The third kappa shape index (κ3) is 34.8. The van der Waals surface area contributed by atoms with Crippen molar-refractivity contribution in [1.82, 2.24) is 0 Å². The summed E-state index contributed by atoms with van der Waals surface area (Å²) < 4.78 is 33.1. The maximum Gasteiger partial charge on any atom is 0.472 e. The van der Waals surface area contributed by atoms with Gasteiger partial charge in [-0.2, -0.15) is 0 Å². The zero-order valence-electron chi connectivity index (χ0n) is 30.3. The molecule has 0 rings (SSSR count). The molecule has 8 nitrogen and oxygen atoms in total. The molecule has 2 unspecified atom stereocenters. The van der Waals surface area contributed by atoms with Crippen LogP contribution in [-0.2, 0) is 27.9 Å². The van der Waals surface area contributed by atoms with Crippen molar-refractivity contribution < 1.29 is 32.8 Å². The van der Waals surface area contributed by atoms with E-state index in [1.807, 2.05) is 0 Å². The number of nitrogens with two attached hydrogens (primary N) is 1. The lowest BCUT2D eigenvalue weighted by Gasteiger charge is -2.20. The number of phosphoric ester groups is 1. The summed E-state index contributed by atoms with van der Waals surface area (Å²) >= 11 is 0. The quantitative estimate of drug-likeness (QED) is 0.0377. The summed E-state index contributed by atoms with van der Waals surface area (Å²) in [6.07, 6.45) is 34.3. The molecule has 46 heavy (non-hydrogen) atoms. The molecule has 0 heterocycles. The van der Waals surface area contributed by atoms with E-state index in [0.717, 1.165) is 32.1 Å². The summed E-state index contributed by atoms with van der Waals surface area (Å²) in [7, 11) is -4.25. The van der Waals surface area contributed by atoms with E-state index in [0.29, 0.717) is 13.0 Å². The molecule has 0 spiro atoms. The minimum Gasteiger partial charge on any atom is -0.457 e. The van der Waals surface area contributed by atoms with E-state index in [1.54, 1.807) is 0 Å². The second-order valence-electron chi connectivity index (χ2n) is 13.2. The molecule has 0 fully saturated rings. The Bertz CT molecular complexity index is 682. The average Bonchev–Trinajstić information content (AvgIpc) is 3.04. The third-order valence-corrected chi connectivity index (χ3v) is 9.51. The average molecular weight is 678 g/mol. The van der Waals surface area contributed by atoms with Crippen LogP contribution in [0.5, 0.6) is 0 Å². The van der Waals surface area contributed by atoms with Crippen LogP contribution in [0.4, 0.5) is 0 Å². The largest absolute Gasteiger partial charge is 0.472 e. The topological polar surface area (TPSA) is 117 Å². The zero-order chi connectivity index (χ0) is 33.8. The van der Waals surface area contributed by atoms with Gasteiger partial charge in [0, 0.05) is 19.6 Å². The molecule has 0 aliphatic rings. The van der Waals surface area contributed by atoms with Crippen LogP contribution in [0.25, 0.3) is 0 Å². The SMILES string of the molecule is CCCCCCCCCCCCCCCCCCCCCCCC(=O)OC(COCCCCCCCC)COP(=O)(O)OCCN. The molecule has 3 N–H and O–H groups in total. The maximum absolute atomic E-state index is 12.5. The number of carbonyl (C=O) groups is 1. The number of ether oxygens (including phenoxy) is 2. The van der Waals surface area contributed by atoms with Gasteiger partial charge in [0.2, 0.25) is 0 Å². The minimum atomic E-state index is -4.25. The molecule has 0 aromatic carbocycles. The van der Waals surface area contributed by atoms with E-state index in [2.05, 4.69) is 13.8 Å². The van der Waals surface area contributed by atoms with Gasteiger partial charge in [0.25, 0.3) is 0 Å². The first-order valence-electron chi connectivity index (χ1n) is 19.5. The van der Waals surface area contributed by atoms with E-state index in [1.165, 1.54) is 141 Å². The van der Waals surface area contributed by atoms with Crippen LogP contribution in [0.2, 0.25) is 0 Å². The predicted octanol–water partition coefficient (Wildman–Crippen LogP) is 11.0. The number of unbranched alkanes of at least 4 members (excludes halogenated alkanes) is 25. The van der Waals surface area contributed by atoms with Gasteiger partial charge >= 0.3 is 13.8 Å². The Hall–Kier alpha value is -0.500. The Morgan fingerprint density at radius 3 is 1.37 bits per heavy atom. The molecule has 2 atom stereocenters. The lowest BCUT2D eigenvalue weighted by Crippen LogP contribution is -2.28. The van der Waals surface area contributed by atoms with E-state index in [9.17, 15) is 14.3 Å². The number of carbonyl (C=O) groups excluding carboxylic acids is 1. The molecule has 0 radical (unpaired) electrons. The fourth-order valence-corrected chi connectivity index (χ4v) is 6.41. The number of hydrogen-bond acceptors (Lipinski definition) is 7. The summed E-state index contributed by atoms with van der Waals surface area (Å²) in [4.78, 5) is 22.3.